The zero-order valence-electron chi connectivity index (χ0n) is 9.66. The van der Waals surface area contributed by atoms with Crippen molar-refractivity contribution in [3.63, 3.8) is 0 Å². The first-order valence-electron chi connectivity index (χ1n) is 5.36. The first kappa shape index (κ1) is 13.7. The molecular weight excluding hydrogens is 288 g/mol. The fourth-order valence-electron chi connectivity index (χ4n) is 1.50. The third-order valence-electron chi connectivity index (χ3n) is 2.44. The van der Waals surface area contributed by atoms with Gasteiger partial charge in [0.05, 0.1) is 10.6 Å². The molecule has 5 heteroatoms. The average molecular weight is 296 g/mol. The summed E-state index contributed by atoms with van der Waals surface area (Å²) in [7, 11) is 0. The Balaban J connectivity index is 2.33. The molecule has 0 aliphatic heterocycles. The van der Waals surface area contributed by atoms with Gasteiger partial charge in [-0.2, -0.15) is 5.26 Å². The molecule has 0 spiro atoms. The van der Waals surface area contributed by atoms with Gasteiger partial charge in [0, 0.05) is 11.9 Å². The second-order valence-electron chi connectivity index (χ2n) is 3.75. The van der Waals surface area contributed by atoms with Crippen LogP contribution in [0.15, 0.2) is 36.4 Å². The van der Waals surface area contributed by atoms with Crippen molar-refractivity contribution in [2.24, 2.45) is 0 Å². The lowest BCUT2D eigenvalue weighted by Gasteiger charge is -2.08. The van der Waals surface area contributed by atoms with Gasteiger partial charge in [-0.15, -0.1) is 11.6 Å². The van der Waals surface area contributed by atoms with E-state index in [9.17, 15) is 4.39 Å². The van der Waals surface area contributed by atoms with E-state index in [-0.39, 0.29) is 5.02 Å². The van der Waals surface area contributed by atoms with Gasteiger partial charge in [0.2, 0.25) is 0 Å². The number of alkyl halides is 1. The number of ether oxygens (including phenoxy) is 1. The molecule has 2 nitrogen and oxygen atoms in total. The molecule has 0 radical (unpaired) electrons. The Bertz CT molecular complexity index is 652. The Morgan fingerprint density at radius 1 is 1.21 bits per heavy atom. The van der Waals surface area contributed by atoms with Gasteiger partial charge in [-0.25, -0.2) is 4.39 Å². The van der Waals surface area contributed by atoms with Gasteiger partial charge < -0.3 is 4.74 Å². The van der Waals surface area contributed by atoms with Gasteiger partial charge in [0.25, 0.3) is 0 Å². The monoisotopic (exact) mass is 295 g/mol. The Hall–Kier alpha value is -1.76. The van der Waals surface area contributed by atoms with E-state index >= 15 is 0 Å². The number of hydrogen-bond acceptors (Lipinski definition) is 2. The minimum Gasteiger partial charge on any atom is -0.456 e. The van der Waals surface area contributed by atoms with Gasteiger partial charge in [-0.05, 0) is 29.8 Å². The van der Waals surface area contributed by atoms with E-state index in [1.165, 1.54) is 18.2 Å². The minimum absolute atomic E-state index is 0.0339. The highest BCUT2D eigenvalue weighted by Gasteiger charge is 2.08. The lowest BCUT2D eigenvalue weighted by molar-refractivity contribution is 0.479. The van der Waals surface area contributed by atoms with E-state index in [1.54, 1.807) is 18.2 Å². The van der Waals surface area contributed by atoms with Crippen molar-refractivity contribution < 1.29 is 9.13 Å². The highest BCUT2D eigenvalue weighted by atomic mass is 35.5. The minimum atomic E-state index is -0.521. The van der Waals surface area contributed by atoms with E-state index in [4.69, 9.17) is 33.2 Å². The fourth-order valence-corrected chi connectivity index (χ4v) is 1.84. The molecule has 0 fully saturated rings. The van der Waals surface area contributed by atoms with Crippen LogP contribution in [-0.4, -0.2) is 0 Å². The van der Waals surface area contributed by atoms with E-state index in [0.717, 1.165) is 5.56 Å². The van der Waals surface area contributed by atoms with E-state index in [0.29, 0.717) is 22.9 Å². The molecule has 0 bridgehead atoms. The summed E-state index contributed by atoms with van der Waals surface area (Å²) < 4.78 is 18.5. The third kappa shape index (κ3) is 3.17. The maximum atomic E-state index is 13.0. The van der Waals surface area contributed by atoms with E-state index < -0.39 is 5.82 Å². The SMILES string of the molecule is N#Cc1cc(CCl)ccc1Oc1ccc(F)c(Cl)c1. The second-order valence-corrected chi connectivity index (χ2v) is 4.43. The number of rotatable bonds is 3. The number of halogens is 3. The molecule has 0 aliphatic rings. The van der Waals surface area contributed by atoms with Gasteiger partial charge in [-0.3, -0.25) is 0 Å². The van der Waals surface area contributed by atoms with Gasteiger partial charge in [0.15, 0.2) is 0 Å². The number of nitriles is 1. The number of benzene rings is 2. The molecule has 0 saturated carbocycles. The van der Waals surface area contributed by atoms with Crippen LogP contribution in [0.4, 0.5) is 4.39 Å². The Kier molecular flexibility index (Phi) is 4.26. The molecule has 2 rings (SSSR count). The zero-order valence-corrected chi connectivity index (χ0v) is 11.2. The van der Waals surface area contributed by atoms with Gasteiger partial charge in [0.1, 0.15) is 23.4 Å². The average Bonchev–Trinajstić information content (AvgIpc) is 2.43. The predicted octanol–water partition coefficient (Wildman–Crippen LogP) is 4.88. The molecule has 2 aromatic rings. The van der Waals surface area contributed by atoms with Gasteiger partial charge in [-0.1, -0.05) is 17.7 Å². The van der Waals surface area contributed by atoms with Crippen molar-refractivity contribution in [1.29, 1.82) is 5.26 Å². The normalized spacial score (nSPS) is 10.0. The van der Waals surface area contributed by atoms with Crippen LogP contribution in [0.1, 0.15) is 11.1 Å². The van der Waals surface area contributed by atoms with Crippen LogP contribution in [0, 0.1) is 17.1 Å². The molecule has 0 atom stereocenters. The summed E-state index contributed by atoms with van der Waals surface area (Å²) in [6.07, 6.45) is 0. The number of nitrogens with zero attached hydrogens (tertiary/aromatic N) is 1. The summed E-state index contributed by atoms with van der Waals surface area (Å²) in [6, 6.07) is 11.1. The van der Waals surface area contributed by atoms with Crippen LogP contribution in [-0.2, 0) is 5.88 Å². The summed E-state index contributed by atoms with van der Waals surface area (Å²) in [5.74, 6) is 0.532. The van der Waals surface area contributed by atoms with Crippen molar-refractivity contribution in [3.8, 4) is 17.6 Å². The van der Waals surface area contributed by atoms with Crippen LogP contribution >= 0.6 is 23.2 Å². The van der Waals surface area contributed by atoms with Crippen LogP contribution in [0.3, 0.4) is 0 Å². The smallest absolute Gasteiger partial charge is 0.145 e. The topological polar surface area (TPSA) is 33.0 Å². The Morgan fingerprint density at radius 2 is 2.00 bits per heavy atom. The number of hydrogen-bond donors (Lipinski definition) is 0. The second kappa shape index (κ2) is 5.92. The highest BCUT2D eigenvalue weighted by molar-refractivity contribution is 6.30. The highest BCUT2D eigenvalue weighted by Crippen LogP contribution is 2.29. The zero-order chi connectivity index (χ0) is 13.8. The summed E-state index contributed by atoms with van der Waals surface area (Å²) in [6.45, 7) is 0. The predicted molar refractivity (Wildman–Crippen MR) is 72.2 cm³/mol. The van der Waals surface area contributed by atoms with Crippen molar-refractivity contribution in [1.82, 2.24) is 0 Å². The molecule has 0 saturated heterocycles. The molecular formula is C14H8Cl2FNO. The van der Waals surface area contributed by atoms with Crippen molar-refractivity contribution in [2.75, 3.05) is 0 Å². The first-order chi connectivity index (χ1) is 9.13. The summed E-state index contributed by atoms with van der Waals surface area (Å²) in [4.78, 5) is 0. The summed E-state index contributed by atoms with van der Waals surface area (Å²) in [5, 5.41) is 9.02. The molecule has 96 valence electrons. The molecule has 0 unspecified atom stereocenters. The molecule has 0 aliphatic carbocycles. The first-order valence-corrected chi connectivity index (χ1v) is 6.27. The molecule has 0 N–H and O–H groups in total. The van der Waals surface area contributed by atoms with Crippen molar-refractivity contribution in [3.05, 3.63) is 58.4 Å². The van der Waals surface area contributed by atoms with E-state index in [1.807, 2.05) is 6.07 Å². The summed E-state index contributed by atoms with van der Waals surface area (Å²) in [5.41, 5.74) is 1.18. The molecule has 19 heavy (non-hydrogen) atoms. The Morgan fingerprint density at radius 3 is 2.63 bits per heavy atom. The third-order valence-corrected chi connectivity index (χ3v) is 3.04. The molecule has 0 aromatic heterocycles. The lowest BCUT2D eigenvalue weighted by atomic mass is 10.1. The van der Waals surface area contributed by atoms with Crippen LogP contribution in [0.5, 0.6) is 11.5 Å². The van der Waals surface area contributed by atoms with Crippen molar-refractivity contribution in [2.45, 2.75) is 5.88 Å². The molecule has 0 amide bonds. The van der Waals surface area contributed by atoms with Crippen LogP contribution < -0.4 is 4.74 Å². The van der Waals surface area contributed by atoms with E-state index in [2.05, 4.69) is 0 Å². The standard InChI is InChI=1S/C14H8Cl2FNO/c15-7-9-1-4-14(10(5-9)8-18)19-11-2-3-13(17)12(16)6-11/h1-6H,7H2. The maximum Gasteiger partial charge on any atom is 0.145 e. The Labute approximate surface area is 119 Å². The van der Waals surface area contributed by atoms with Crippen molar-refractivity contribution >= 4 is 23.2 Å². The maximum absolute atomic E-state index is 13.0. The summed E-state index contributed by atoms with van der Waals surface area (Å²) >= 11 is 11.4. The van der Waals surface area contributed by atoms with Gasteiger partial charge >= 0.3 is 0 Å². The largest absolute Gasteiger partial charge is 0.456 e. The quantitative estimate of drug-likeness (QED) is 0.756. The molecule has 0 heterocycles. The van der Waals surface area contributed by atoms with Crippen LogP contribution in [0.25, 0.3) is 0 Å². The van der Waals surface area contributed by atoms with Crippen LogP contribution in [0.2, 0.25) is 5.02 Å². The lowest BCUT2D eigenvalue weighted by Crippen LogP contribution is -1.90. The fraction of sp³-hybridized carbons (Fsp3) is 0.0714. The molecule has 2 aromatic carbocycles.